The molecule has 0 saturated carbocycles. The molecule has 1 rings (SSSR count). The minimum atomic E-state index is -0.0552. The second-order valence-electron chi connectivity index (χ2n) is 2.39. The molecule has 0 aliphatic rings. The third-order valence-electron chi connectivity index (χ3n) is 1.57. The van der Waals surface area contributed by atoms with Crippen LogP contribution in [0.3, 0.4) is 0 Å². The summed E-state index contributed by atoms with van der Waals surface area (Å²) in [5.41, 5.74) is 1.58. The van der Waals surface area contributed by atoms with Gasteiger partial charge < -0.3 is 0 Å². The minimum Gasteiger partial charge on any atom is -0.293 e. The van der Waals surface area contributed by atoms with Crippen LogP contribution in [0.2, 0.25) is 0 Å². The summed E-state index contributed by atoms with van der Waals surface area (Å²) < 4.78 is 0. The van der Waals surface area contributed by atoms with Crippen molar-refractivity contribution in [2.24, 2.45) is 0 Å². The van der Waals surface area contributed by atoms with Gasteiger partial charge in [-0.3, -0.25) is 4.79 Å². The first-order valence-corrected chi connectivity index (χ1v) is 4.13. The first-order chi connectivity index (χ1) is 5.77. The highest BCUT2D eigenvalue weighted by Crippen LogP contribution is 2.07. The van der Waals surface area contributed by atoms with Gasteiger partial charge >= 0.3 is 0 Å². The molecule has 0 radical (unpaired) electrons. The lowest BCUT2D eigenvalue weighted by Crippen LogP contribution is -1.99. The highest BCUT2D eigenvalue weighted by atomic mass is 35.5. The van der Waals surface area contributed by atoms with Gasteiger partial charge in [0.1, 0.15) is 0 Å². The van der Waals surface area contributed by atoms with Crippen LogP contribution in [0.15, 0.2) is 30.8 Å². The largest absolute Gasteiger partial charge is 0.293 e. The zero-order chi connectivity index (χ0) is 8.97. The predicted octanol–water partition coefficient (Wildman–Crippen LogP) is 2.75. The van der Waals surface area contributed by atoms with Crippen LogP contribution in [0.25, 0.3) is 6.08 Å². The van der Waals surface area contributed by atoms with E-state index in [9.17, 15) is 4.79 Å². The van der Waals surface area contributed by atoms with Gasteiger partial charge in [0.05, 0.1) is 5.88 Å². The second-order valence-corrected chi connectivity index (χ2v) is 2.65. The fourth-order valence-corrected chi connectivity index (χ4v) is 1.07. The van der Waals surface area contributed by atoms with Gasteiger partial charge in [0.2, 0.25) is 0 Å². The van der Waals surface area contributed by atoms with E-state index >= 15 is 0 Å². The van der Waals surface area contributed by atoms with E-state index in [1.165, 1.54) is 0 Å². The van der Waals surface area contributed by atoms with Gasteiger partial charge in [-0.1, -0.05) is 30.9 Å². The van der Waals surface area contributed by atoms with Crippen LogP contribution < -0.4 is 0 Å². The fourth-order valence-electron chi connectivity index (χ4n) is 0.916. The molecular weight excluding hydrogens is 172 g/mol. The lowest BCUT2D eigenvalue weighted by atomic mass is 10.1. The first kappa shape index (κ1) is 9.01. The van der Waals surface area contributed by atoms with Crippen molar-refractivity contribution in [2.45, 2.75) is 0 Å². The third-order valence-corrected chi connectivity index (χ3v) is 1.81. The molecule has 62 valence electrons. The van der Waals surface area contributed by atoms with Crippen LogP contribution in [-0.2, 0) is 0 Å². The minimum absolute atomic E-state index is 0.0284. The maximum Gasteiger partial charge on any atom is 0.177 e. The Morgan fingerprint density at radius 1 is 1.58 bits per heavy atom. The number of Topliss-reactive ketones (excluding diaryl/α,β-unsaturated/α-hetero) is 1. The van der Waals surface area contributed by atoms with Gasteiger partial charge in [0.15, 0.2) is 5.78 Å². The number of carbonyl (C=O) groups is 1. The quantitative estimate of drug-likeness (QED) is 0.517. The van der Waals surface area contributed by atoms with Gasteiger partial charge in [-0.25, -0.2) is 0 Å². The van der Waals surface area contributed by atoms with Crippen LogP contribution in [0, 0.1) is 0 Å². The number of alkyl halides is 1. The molecule has 0 N–H and O–H groups in total. The zero-order valence-corrected chi connectivity index (χ0v) is 7.34. The summed E-state index contributed by atoms with van der Waals surface area (Å²) in [4.78, 5) is 11.1. The van der Waals surface area contributed by atoms with Crippen LogP contribution in [-0.4, -0.2) is 11.7 Å². The summed E-state index contributed by atoms with van der Waals surface area (Å²) in [6.45, 7) is 3.61. The average molecular weight is 181 g/mol. The lowest BCUT2D eigenvalue weighted by molar-refractivity contribution is 0.102. The van der Waals surface area contributed by atoms with Gasteiger partial charge in [0, 0.05) is 5.56 Å². The number of ketones is 1. The van der Waals surface area contributed by atoms with Crippen molar-refractivity contribution in [3.05, 3.63) is 42.0 Å². The Labute approximate surface area is 76.7 Å². The SMILES string of the molecule is C=Cc1cccc(C(=O)CCl)c1. The van der Waals surface area contributed by atoms with E-state index in [0.29, 0.717) is 5.56 Å². The van der Waals surface area contributed by atoms with Crippen LogP contribution in [0.4, 0.5) is 0 Å². The molecule has 0 saturated heterocycles. The molecule has 1 aromatic rings. The van der Waals surface area contributed by atoms with Gasteiger partial charge in [-0.2, -0.15) is 0 Å². The van der Waals surface area contributed by atoms with Crippen molar-refractivity contribution < 1.29 is 4.79 Å². The molecule has 1 aromatic carbocycles. The normalized spacial score (nSPS) is 9.42. The Hall–Kier alpha value is -1.08. The Balaban J connectivity index is 3.01. The molecule has 0 aliphatic heterocycles. The third kappa shape index (κ3) is 1.95. The lowest BCUT2D eigenvalue weighted by Gasteiger charge is -1.97. The summed E-state index contributed by atoms with van der Waals surface area (Å²) in [7, 11) is 0. The van der Waals surface area contributed by atoms with Crippen molar-refractivity contribution in [1.29, 1.82) is 0 Å². The van der Waals surface area contributed by atoms with E-state index in [1.807, 2.05) is 12.1 Å². The Kier molecular flexibility index (Phi) is 3.06. The summed E-state index contributed by atoms with van der Waals surface area (Å²) in [5.74, 6) is -0.0268. The van der Waals surface area contributed by atoms with Gasteiger partial charge in [-0.15, -0.1) is 11.6 Å². The molecule has 0 heterocycles. The Morgan fingerprint density at radius 2 is 2.33 bits per heavy atom. The van der Waals surface area contributed by atoms with E-state index in [-0.39, 0.29) is 11.7 Å². The van der Waals surface area contributed by atoms with Gasteiger partial charge in [0.25, 0.3) is 0 Å². The molecular formula is C10H9ClO. The number of hydrogen-bond acceptors (Lipinski definition) is 1. The molecule has 0 unspecified atom stereocenters. The molecule has 0 aliphatic carbocycles. The fraction of sp³-hybridized carbons (Fsp3) is 0.100. The van der Waals surface area contributed by atoms with Crippen molar-refractivity contribution in [3.8, 4) is 0 Å². The second kappa shape index (κ2) is 4.07. The summed E-state index contributed by atoms with van der Waals surface area (Å²) >= 11 is 5.41. The molecule has 2 heteroatoms. The summed E-state index contributed by atoms with van der Waals surface area (Å²) in [5, 5.41) is 0. The molecule has 0 amide bonds. The number of halogens is 1. The maximum atomic E-state index is 11.1. The monoisotopic (exact) mass is 180 g/mol. The highest BCUT2D eigenvalue weighted by molar-refractivity contribution is 6.30. The van der Waals surface area contributed by atoms with Crippen molar-refractivity contribution in [3.63, 3.8) is 0 Å². The maximum absolute atomic E-state index is 11.1. The van der Waals surface area contributed by atoms with Crippen LogP contribution in [0.1, 0.15) is 15.9 Å². The smallest absolute Gasteiger partial charge is 0.177 e. The van der Waals surface area contributed by atoms with Gasteiger partial charge in [-0.05, 0) is 11.6 Å². The highest BCUT2D eigenvalue weighted by Gasteiger charge is 2.02. The summed E-state index contributed by atoms with van der Waals surface area (Å²) in [6, 6.07) is 7.23. The van der Waals surface area contributed by atoms with Crippen LogP contribution >= 0.6 is 11.6 Å². The number of benzene rings is 1. The first-order valence-electron chi connectivity index (χ1n) is 3.59. The molecule has 0 aromatic heterocycles. The molecule has 0 bridgehead atoms. The molecule has 0 spiro atoms. The van der Waals surface area contributed by atoms with E-state index in [1.54, 1.807) is 18.2 Å². The predicted molar refractivity (Wildman–Crippen MR) is 51.6 cm³/mol. The van der Waals surface area contributed by atoms with Crippen molar-refractivity contribution >= 4 is 23.5 Å². The van der Waals surface area contributed by atoms with Crippen LogP contribution in [0.5, 0.6) is 0 Å². The molecule has 1 nitrogen and oxygen atoms in total. The number of hydrogen-bond donors (Lipinski definition) is 0. The topological polar surface area (TPSA) is 17.1 Å². The van der Waals surface area contributed by atoms with E-state index in [0.717, 1.165) is 5.56 Å². The number of rotatable bonds is 3. The van der Waals surface area contributed by atoms with E-state index in [4.69, 9.17) is 11.6 Å². The zero-order valence-electron chi connectivity index (χ0n) is 6.59. The molecule has 12 heavy (non-hydrogen) atoms. The molecule has 0 fully saturated rings. The van der Waals surface area contributed by atoms with E-state index in [2.05, 4.69) is 6.58 Å². The van der Waals surface area contributed by atoms with E-state index < -0.39 is 0 Å². The summed E-state index contributed by atoms with van der Waals surface area (Å²) in [6.07, 6.45) is 1.70. The number of carbonyl (C=O) groups excluding carboxylic acids is 1. The standard InChI is InChI=1S/C10H9ClO/c1-2-8-4-3-5-9(6-8)10(12)7-11/h2-6H,1,7H2. The Bertz CT molecular complexity index is 304. The molecule has 0 atom stereocenters. The average Bonchev–Trinajstić information content (AvgIpc) is 2.17. The van der Waals surface area contributed by atoms with Crippen molar-refractivity contribution in [2.75, 3.05) is 5.88 Å². The van der Waals surface area contributed by atoms with Crippen molar-refractivity contribution in [1.82, 2.24) is 0 Å². The Morgan fingerprint density at radius 3 is 2.92 bits per heavy atom.